The Hall–Kier alpha value is -0.620. The highest BCUT2D eigenvalue weighted by Gasteiger charge is 2.40. The summed E-state index contributed by atoms with van der Waals surface area (Å²) in [7, 11) is 0. The van der Waals surface area contributed by atoms with Crippen LogP contribution in [0.15, 0.2) is 12.2 Å². The second kappa shape index (κ2) is 12.7. The van der Waals surface area contributed by atoms with Gasteiger partial charge in [-0.15, -0.1) is 11.6 Å². The topological polar surface area (TPSA) is 98.0 Å². The molecule has 0 unspecified atom stereocenters. The van der Waals surface area contributed by atoms with E-state index < -0.39 is 18.2 Å². The summed E-state index contributed by atoms with van der Waals surface area (Å²) in [6.07, 6.45) is 9.36. The second-order valence-electron chi connectivity index (χ2n) is 7.65. The highest BCUT2D eigenvalue weighted by Crippen LogP contribution is 2.41. The molecule has 1 fully saturated rings. The number of carboxylic acid groups (broad SMARTS) is 1. The van der Waals surface area contributed by atoms with Gasteiger partial charge in [-0.25, -0.2) is 0 Å². The number of hydrogen-bond acceptors (Lipinski definition) is 4. The smallest absolute Gasteiger partial charge is 0.303 e. The van der Waals surface area contributed by atoms with Gasteiger partial charge in [0.15, 0.2) is 0 Å². The molecule has 0 aromatic rings. The molecule has 0 spiro atoms. The van der Waals surface area contributed by atoms with Crippen molar-refractivity contribution >= 4 is 17.6 Å². The summed E-state index contributed by atoms with van der Waals surface area (Å²) in [4.78, 5) is 10.5. The lowest BCUT2D eigenvalue weighted by Crippen LogP contribution is -2.22. The molecule has 6 heteroatoms. The lowest BCUT2D eigenvalue weighted by molar-refractivity contribution is -0.137. The molecule has 26 heavy (non-hydrogen) atoms. The molecule has 1 aliphatic rings. The predicted octanol–water partition coefficient (Wildman–Crippen LogP) is 3.48. The fraction of sp³-hybridized carbons (Fsp3) is 0.850. The van der Waals surface area contributed by atoms with Crippen molar-refractivity contribution in [3.8, 4) is 0 Å². The number of aliphatic hydroxyl groups is 3. The molecule has 1 rings (SSSR count). The molecule has 0 heterocycles. The number of carboxylic acids is 1. The number of hydrogen-bond donors (Lipinski definition) is 4. The van der Waals surface area contributed by atoms with Crippen molar-refractivity contribution < 1.29 is 25.2 Å². The van der Waals surface area contributed by atoms with Gasteiger partial charge >= 0.3 is 5.97 Å². The zero-order valence-corrected chi connectivity index (χ0v) is 16.5. The van der Waals surface area contributed by atoms with Gasteiger partial charge in [0, 0.05) is 11.8 Å². The van der Waals surface area contributed by atoms with Crippen LogP contribution in [-0.2, 0) is 4.79 Å². The molecule has 152 valence electrons. The summed E-state index contributed by atoms with van der Waals surface area (Å²) in [6.45, 7) is 1.75. The van der Waals surface area contributed by atoms with Crippen LogP contribution in [0.1, 0.15) is 71.1 Å². The minimum atomic E-state index is -0.773. The summed E-state index contributed by atoms with van der Waals surface area (Å²) in [5, 5.41) is 38.3. The van der Waals surface area contributed by atoms with Crippen molar-refractivity contribution in [3.05, 3.63) is 12.2 Å². The maximum atomic E-state index is 10.5. The van der Waals surface area contributed by atoms with E-state index in [0.717, 1.165) is 25.7 Å². The first-order valence-corrected chi connectivity index (χ1v) is 10.3. The van der Waals surface area contributed by atoms with Crippen molar-refractivity contribution in [1.29, 1.82) is 0 Å². The Balaban J connectivity index is 2.36. The third-order valence-electron chi connectivity index (χ3n) is 5.30. The number of rotatable bonds is 13. The molecule has 6 atom stereocenters. The Bertz CT molecular complexity index is 426. The number of aliphatic carboxylic acids is 1. The molecule has 1 saturated carbocycles. The van der Waals surface area contributed by atoms with Crippen LogP contribution in [0.5, 0.6) is 0 Å². The third-order valence-corrected chi connectivity index (χ3v) is 5.81. The van der Waals surface area contributed by atoms with Crippen molar-refractivity contribution in [1.82, 2.24) is 0 Å². The van der Waals surface area contributed by atoms with Gasteiger partial charge in [-0.3, -0.25) is 4.79 Å². The van der Waals surface area contributed by atoms with Gasteiger partial charge in [0.2, 0.25) is 0 Å². The van der Waals surface area contributed by atoms with E-state index in [4.69, 9.17) is 16.7 Å². The molecule has 0 saturated heterocycles. The first-order valence-electron chi connectivity index (χ1n) is 9.86. The predicted molar refractivity (Wildman–Crippen MR) is 103 cm³/mol. The maximum absolute atomic E-state index is 10.5. The van der Waals surface area contributed by atoms with Crippen molar-refractivity contribution in [2.45, 2.75) is 94.8 Å². The Labute approximate surface area is 162 Å². The van der Waals surface area contributed by atoms with Gasteiger partial charge in [0.25, 0.3) is 0 Å². The minimum absolute atomic E-state index is 0.0638. The van der Waals surface area contributed by atoms with Crippen LogP contribution in [0.3, 0.4) is 0 Å². The number of unbranched alkanes of at least 4 members (excludes halogenated alkanes) is 1. The van der Waals surface area contributed by atoms with Crippen LogP contribution in [0.2, 0.25) is 0 Å². The largest absolute Gasteiger partial charge is 0.481 e. The summed E-state index contributed by atoms with van der Waals surface area (Å²) >= 11 is 6.42. The normalized spacial score (nSPS) is 28.5. The van der Waals surface area contributed by atoms with Gasteiger partial charge in [0.05, 0.1) is 18.3 Å². The number of alkyl halides is 1. The molecular weight excluding hydrogens is 356 g/mol. The Kier molecular flexibility index (Phi) is 11.4. The zero-order chi connectivity index (χ0) is 19.5. The van der Waals surface area contributed by atoms with Crippen LogP contribution in [-0.4, -0.2) is 50.1 Å². The van der Waals surface area contributed by atoms with Crippen molar-refractivity contribution in [2.24, 2.45) is 11.8 Å². The van der Waals surface area contributed by atoms with Gasteiger partial charge in [0.1, 0.15) is 0 Å². The summed E-state index contributed by atoms with van der Waals surface area (Å²) < 4.78 is 0. The fourth-order valence-electron chi connectivity index (χ4n) is 3.78. The van der Waals surface area contributed by atoms with Crippen molar-refractivity contribution in [3.63, 3.8) is 0 Å². The summed E-state index contributed by atoms with van der Waals surface area (Å²) in [5.74, 6) is -0.496. The summed E-state index contributed by atoms with van der Waals surface area (Å²) in [5.41, 5.74) is 0. The van der Waals surface area contributed by atoms with Crippen LogP contribution in [0.25, 0.3) is 0 Å². The van der Waals surface area contributed by atoms with Crippen LogP contribution < -0.4 is 0 Å². The highest BCUT2D eigenvalue weighted by molar-refractivity contribution is 6.21. The fourth-order valence-corrected chi connectivity index (χ4v) is 4.26. The van der Waals surface area contributed by atoms with E-state index in [0.29, 0.717) is 32.1 Å². The standard InChI is InChI=1S/C20H35ClO5/c1-14(22)7-6-8-15(23)11-12-17-16(18(21)13-19(17)24)9-4-2-3-5-10-20(25)26/h2,4,14-19,22-24H,3,5-13H2,1H3,(H,25,26)/t14-,15+,16-,17-,18-,19-/m1/s1. The minimum Gasteiger partial charge on any atom is -0.481 e. The molecule has 5 nitrogen and oxygen atoms in total. The quantitative estimate of drug-likeness (QED) is 0.219. The average Bonchev–Trinajstić information content (AvgIpc) is 2.81. The number of aliphatic hydroxyl groups excluding tert-OH is 3. The van der Waals surface area contributed by atoms with E-state index in [9.17, 15) is 20.1 Å². The van der Waals surface area contributed by atoms with E-state index in [-0.39, 0.29) is 29.7 Å². The number of halogens is 1. The van der Waals surface area contributed by atoms with E-state index >= 15 is 0 Å². The average molecular weight is 391 g/mol. The summed E-state index contributed by atoms with van der Waals surface area (Å²) in [6, 6.07) is 0. The third kappa shape index (κ3) is 9.36. The van der Waals surface area contributed by atoms with Gasteiger partial charge < -0.3 is 20.4 Å². The Morgan fingerprint density at radius 2 is 1.88 bits per heavy atom. The monoisotopic (exact) mass is 390 g/mol. The molecule has 1 aliphatic carbocycles. The lowest BCUT2D eigenvalue weighted by Gasteiger charge is -2.23. The number of carbonyl (C=O) groups is 1. The number of allylic oxidation sites excluding steroid dienone is 2. The van der Waals surface area contributed by atoms with Crippen molar-refractivity contribution in [2.75, 3.05) is 0 Å². The van der Waals surface area contributed by atoms with Crippen LogP contribution >= 0.6 is 11.6 Å². The Morgan fingerprint density at radius 1 is 1.15 bits per heavy atom. The van der Waals surface area contributed by atoms with E-state index in [1.807, 2.05) is 12.2 Å². The Morgan fingerprint density at radius 3 is 2.54 bits per heavy atom. The molecule has 0 bridgehead atoms. The molecule has 0 aromatic carbocycles. The molecular formula is C20H35ClO5. The van der Waals surface area contributed by atoms with E-state index in [2.05, 4.69) is 0 Å². The van der Waals surface area contributed by atoms with Crippen LogP contribution in [0, 0.1) is 11.8 Å². The molecule has 0 amide bonds. The highest BCUT2D eigenvalue weighted by atomic mass is 35.5. The van der Waals surface area contributed by atoms with Crippen LogP contribution in [0.4, 0.5) is 0 Å². The van der Waals surface area contributed by atoms with Gasteiger partial charge in [-0.1, -0.05) is 12.2 Å². The molecule has 0 radical (unpaired) electrons. The SMILES string of the molecule is C[C@@H](O)CCC[C@H](O)CC[C@@H]1[C@@H](CC=CCCCC(=O)O)[C@H](Cl)C[C@H]1O. The molecule has 0 aromatic heterocycles. The van der Waals surface area contributed by atoms with Gasteiger partial charge in [-0.05, 0) is 76.5 Å². The molecule has 0 aliphatic heterocycles. The maximum Gasteiger partial charge on any atom is 0.303 e. The van der Waals surface area contributed by atoms with E-state index in [1.54, 1.807) is 6.92 Å². The molecule has 4 N–H and O–H groups in total. The first-order chi connectivity index (χ1) is 12.3. The van der Waals surface area contributed by atoms with Gasteiger partial charge in [-0.2, -0.15) is 0 Å². The second-order valence-corrected chi connectivity index (χ2v) is 8.21. The lowest BCUT2D eigenvalue weighted by atomic mass is 9.86. The first kappa shape index (κ1) is 23.4. The van der Waals surface area contributed by atoms with E-state index in [1.165, 1.54) is 0 Å². The zero-order valence-electron chi connectivity index (χ0n) is 15.8.